The minimum absolute atomic E-state index is 0.266. The number of rotatable bonds is 5. The van der Waals surface area contributed by atoms with Gasteiger partial charge in [-0.25, -0.2) is 0 Å². The zero-order valence-electron chi connectivity index (χ0n) is 11.0. The van der Waals surface area contributed by atoms with Gasteiger partial charge >= 0.3 is 0 Å². The summed E-state index contributed by atoms with van der Waals surface area (Å²) in [6, 6.07) is 5.72. The quantitative estimate of drug-likeness (QED) is 0.863. The SMILES string of the molecule is CC(C)C(C)(C)CNCc1cccc(Br)c1O. The van der Waals surface area contributed by atoms with Crippen LogP contribution in [0.2, 0.25) is 0 Å². The standard InChI is InChI=1S/C14H22BrNO/c1-10(2)14(3,4)9-16-8-11-6-5-7-12(15)13(11)17/h5-7,10,16-17H,8-9H2,1-4H3. The van der Waals surface area contributed by atoms with Crippen LogP contribution in [0, 0.1) is 11.3 Å². The van der Waals surface area contributed by atoms with Crippen molar-refractivity contribution in [3.8, 4) is 5.75 Å². The first-order valence-electron chi connectivity index (χ1n) is 6.01. The van der Waals surface area contributed by atoms with Crippen LogP contribution < -0.4 is 5.32 Å². The molecule has 0 amide bonds. The van der Waals surface area contributed by atoms with Gasteiger partial charge in [-0.2, -0.15) is 0 Å². The highest BCUT2D eigenvalue weighted by atomic mass is 79.9. The highest BCUT2D eigenvalue weighted by Gasteiger charge is 2.21. The lowest BCUT2D eigenvalue weighted by Crippen LogP contribution is -2.33. The van der Waals surface area contributed by atoms with Gasteiger partial charge in [-0.05, 0) is 33.3 Å². The fourth-order valence-electron chi connectivity index (χ4n) is 1.43. The van der Waals surface area contributed by atoms with Gasteiger partial charge < -0.3 is 10.4 Å². The monoisotopic (exact) mass is 299 g/mol. The number of phenolic OH excluding ortho intramolecular Hbond substituents is 1. The van der Waals surface area contributed by atoms with E-state index in [-0.39, 0.29) is 5.41 Å². The van der Waals surface area contributed by atoms with E-state index >= 15 is 0 Å². The smallest absolute Gasteiger partial charge is 0.134 e. The Bertz CT molecular complexity index is 374. The van der Waals surface area contributed by atoms with Crippen LogP contribution in [0.1, 0.15) is 33.3 Å². The zero-order valence-corrected chi connectivity index (χ0v) is 12.6. The number of phenols is 1. The van der Waals surface area contributed by atoms with Crippen LogP contribution >= 0.6 is 15.9 Å². The van der Waals surface area contributed by atoms with E-state index in [0.29, 0.717) is 18.2 Å². The van der Waals surface area contributed by atoms with Crippen molar-refractivity contribution in [1.82, 2.24) is 5.32 Å². The predicted octanol–water partition coefficient (Wildman–Crippen LogP) is 3.93. The molecule has 2 N–H and O–H groups in total. The predicted molar refractivity (Wildman–Crippen MR) is 76.1 cm³/mol. The Morgan fingerprint density at radius 2 is 2.00 bits per heavy atom. The Balaban J connectivity index is 2.55. The minimum atomic E-state index is 0.266. The van der Waals surface area contributed by atoms with E-state index in [0.717, 1.165) is 16.6 Å². The van der Waals surface area contributed by atoms with Crippen molar-refractivity contribution in [3.05, 3.63) is 28.2 Å². The first-order chi connectivity index (χ1) is 7.84. The Kier molecular flexibility index (Phi) is 5.02. The molecular formula is C14H22BrNO. The summed E-state index contributed by atoms with van der Waals surface area (Å²) < 4.78 is 0.750. The molecule has 3 heteroatoms. The molecule has 0 aliphatic rings. The van der Waals surface area contributed by atoms with Gasteiger partial charge in [0.05, 0.1) is 4.47 Å². The molecule has 0 atom stereocenters. The van der Waals surface area contributed by atoms with Crippen molar-refractivity contribution in [1.29, 1.82) is 0 Å². The number of benzene rings is 1. The molecule has 1 aromatic carbocycles. The van der Waals surface area contributed by atoms with Gasteiger partial charge in [0.15, 0.2) is 0 Å². The number of hydrogen-bond acceptors (Lipinski definition) is 2. The molecule has 0 radical (unpaired) electrons. The van der Waals surface area contributed by atoms with Gasteiger partial charge in [0.1, 0.15) is 5.75 Å². The van der Waals surface area contributed by atoms with Crippen LogP contribution in [-0.4, -0.2) is 11.7 Å². The number of para-hydroxylation sites is 1. The maximum absolute atomic E-state index is 9.85. The lowest BCUT2D eigenvalue weighted by molar-refractivity contribution is 0.237. The summed E-state index contributed by atoms with van der Waals surface area (Å²) in [5, 5.41) is 13.3. The average molecular weight is 300 g/mol. The van der Waals surface area contributed by atoms with Gasteiger partial charge in [-0.3, -0.25) is 0 Å². The molecule has 0 bridgehead atoms. The first kappa shape index (κ1) is 14.5. The average Bonchev–Trinajstić information content (AvgIpc) is 2.24. The molecule has 96 valence electrons. The zero-order chi connectivity index (χ0) is 13.1. The number of nitrogens with one attached hydrogen (secondary N) is 1. The fraction of sp³-hybridized carbons (Fsp3) is 0.571. The van der Waals surface area contributed by atoms with Crippen LogP contribution in [0.25, 0.3) is 0 Å². The summed E-state index contributed by atoms with van der Waals surface area (Å²) in [6.45, 7) is 10.6. The van der Waals surface area contributed by atoms with Gasteiger partial charge in [0.2, 0.25) is 0 Å². The Hall–Kier alpha value is -0.540. The normalized spacial score (nSPS) is 12.1. The molecular weight excluding hydrogens is 278 g/mol. The summed E-state index contributed by atoms with van der Waals surface area (Å²) >= 11 is 3.32. The second kappa shape index (κ2) is 5.87. The van der Waals surface area contributed by atoms with E-state index in [1.807, 2.05) is 18.2 Å². The van der Waals surface area contributed by atoms with Crippen molar-refractivity contribution >= 4 is 15.9 Å². The number of hydrogen-bond donors (Lipinski definition) is 2. The van der Waals surface area contributed by atoms with Crippen LogP contribution in [0.15, 0.2) is 22.7 Å². The van der Waals surface area contributed by atoms with E-state index in [4.69, 9.17) is 0 Å². The first-order valence-corrected chi connectivity index (χ1v) is 6.81. The molecule has 0 aliphatic carbocycles. The molecule has 1 rings (SSSR count). The van der Waals surface area contributed by atoms with Crippen LogP contribution in [0.5, 0.6) is 5.75 Å². The topological polar surface area (TPSA) is 32.3 Å². The molecule has 1 aromatic rings. The minimum Gasteiger partial charge on any atom is -0.506 e. The van der Waals surface area contributed by atoms with Crippen molar-refractivity contribution < 1.29 is 5.11 Å². The van der Waals surface area contributed by atoms with Crippen molar-refractivity contribution in [2.24, 2.45) is 11.3 Å². The van der Waals surface area contributed by atoms with Gasteiger partial charge in [-0.1, -0.05) is 39.8 Å². The third-order valence-corrected chi connectivity index (χ3v) is 4.17. The second-order valence-electron chi connectivity index (χ2n) is 5.49. The Morgan fingerprint density at radius 3 is 2.59 bits per heavy atom. The third kappa shape index (κ3) is 4.00. The van der Waals surface area contributed by atoms with Crippen LogP contribution in [-0.2, 0) is 6.54 Å². The lowest BCUT2D eigenvalue weighted by Gasteiger charge is -2.29. The van der Waals surface area contributed by atoms with Crippen molar-refractivity contribution in [2.75, 3.05) is 6.54 Å². The van der Waals surface area contributed by atoms with Crippen molar-refractivity contribution in [2.45, 2.75) is 34.2 Å². The molecule has 0 aromatic heterocycles. The number of halogens is 1. The summed E-state index contributed by atoms with van der Waals surface area (Å²) in [6.07, 6.45) is 0. The molecule has 0 aliphatic heterocycles. The molecule has 0 spiro atoms. The fourth-order valence-corrected chi connectivity index (χ4v) is 1.83. The third-order valence-electron chi connectivity index (χ3n) is 3.53. The molecule has 0 fully saturated rings. The van der Waals surface area contributed by atoms with E-state index in [9.17, 15) is 5.11 Å². The Labute approximate surface area is 113 Å². The molecule has 0 heterocycles. The van der Waals surface area contributed by atoms with E-state index in [2.05, 4.69) is 48.9 Å². The summed E-state index contributed by atoms with van der Waals surface area (Å²) in [4.78, 5) is 0. The maximum atomic E-state index is 9.85. The van der Waals surface area contributed by atoms with E-state index < -0.39 is 0 Å². The highest BCUT2D eigenvalue weighted by molar-refractivity contribution is 9.10. The lowest BCUT2D eigenvalue weighted by atomic mass is 9.81. The molecule has 17 heavy (non-hydrogen) atoms. The largest absolute Gasteiger partial charge is 0.506 e. The number of aromatic hydroxyl groups is 1. The molecule has 0 saturated carbocycles. The van der Waals surface area contributed by atoms with Crippen molar-refractivity contribution in [3.63, 3.8) is 0 Å². The molecule has 2 nitrogen and oxygen atoms in total. The van der Waals surface area contributed by atoms with Gasteiger partial charge in [0, 0.05) is 18.7 Å². The van der Waals surface area contributed by atoms with E-state index in [1.54, 1.807) is 0 Å². The van der Waals surface area contributed by atoms with Crippen LogP contribution in [0.4, 0.5) is 0 Å². The summed E-state index contributed by atoms with van der Waals surface area (Å²) in [5.41, 5.74) is 1.20. The van der Waals surface area contributed by atoms with E-state index in [1.165, 1.54) is 0 Å². The van der Waals surface area contributed by atoms with Gasteiger partial charge in [0.25, 0.3) is 0 Å². The summed E-state index contributed by atoms with van der Waals surface area (Å²) in [7, 11) is 0. The van der Waals surface area contributed by atoms with Gasteiger partial charge in [-0.15, -0.1) is 0 Å². The molecule has 0 saturated heterocycles. The second-order valence-corrected chi connectivity index (χ2v) is 6.35. The maximum Gasteiger partial charge on any atom is 0.134 e. The summed E-state index contributed by atoms with van der Waals surface area (Å²) in [5.74, 6) is 0.966. The highest BCUT2D eigenvalue weighted by Crippen LogP contribution is 2.28. The van der Waals surface area contributed by atoms with Crippen LogP contribution in [0.3, 0.4) is 0 Å². The Morgan fingerprint density at radius 1 is 1.35 bits per heavy atom. The molecule has 0 unspecified atom stereocenters.